The standard InChI is InChI=1S/C14H14N2O2S/c1-10-6-7-12(15)14(8-10)19-9-11-4-2-3-5-13(11)16(17)18/h2-8H,9,15H2,1H3. The number of rotatable bonds is 4. The van der Waals surface area contributed by atoms with Crippen LogP contribution in [0.2, 0.25) is 0 Å². The number of hydrogen-bond donors (Lipinski definition) is 1. The van der Waals surface area contributed by atoms with Gasteiger partial charge in [-0.2, -0.15) is 0 Å². The quantitative estimate of drug-likeness (QED) is 0.399. The van der Waals surface area contributed by atoms with Crippen molar-refractivity contribution in [3.8, 4) is 0 Å². The summed E-state index contributed by atoms with van der Waals surface area (Å²) < 4.78 is 0. The first kappa shape index (κ1) is 13.4. The normalized spacial score (nSPS) is 10.4. The Bertz CT molecular complexity index is 614. The van der Waals surface area contributed by atoms with E-state index < -0.39 is 0 Å². The third-order valence-corrected chi connectivity index (χ3v) is 3.86. The van der Waals surface area contributed by atoms with E-state index in [1.54, 1.807) is 12.1 Å². The van der Waals surface area contributed by atoms with Gasteiger partial charge in [0, 0.05) is 28.0 Å². The fourth-order valence-electron chi connectivity index (χ4n) is 1.73. The summed E-state index contributed by atoms with van der Waals surface area (Å²) in [6.45, 7) is 1.99. The van der Waals surface area contributed by atoms with E-state index in [2.05, 4.69) is 0 Å². The Kier molecular flexibility index (Phi) is 4.06. The van der Waals surface area contributed by atoms with Crippen molar-refractivity contribution in [2.75, 3.05) is 5.73 Å². The molecule has 0 unspecified atom stereocenters. The molecule has 98 valence electrons. The summed E-state index contributed by atoms with van der Waals surface area (Å²) in [5.74, 6) is 0.533. The molecule has 4 nitrogen and oxygen atoms in total. The first-order valence-electron chi connectivity index (χ1n) is 5.79. The molecule has 2 aromatic carbocycles. The van der Waals surface area contributed by atoms with Gasteiger partial charge in [0.25, 0.3) is 5.69 Å². The number of thioether (sulfide) groups is 1. The van der Waals surface area contributed by atoms with Crippen LogP contribution >= 0.6 is 11.8 Å². The molecule has 0 radical (unpaired) electrons. The van der Waals surface area contributed by atoms with E-state index in [4.69, 9.17) is 5.73 Å². The SMILES string of the molecule is Cc1ccc(N)c(SCc2ccccc2[N+](=O)[O-])c1. The van der Waals surface area contributed by atoms with Crippen LogP contribution in [0.4, 0.5) is 11.4 Å². The van der Waals surface area contributed by atoms with Crippen molar-refractivity contribution >= 4 is 23.1 Å². The molecular formula is C14H14N2O2S. The van der Waals surface area contributed by atoms with E-state index in [9.17, 15) is 10.1 Å². The van der Waals surface area contributed by atoms with Gasteiger partial charge in [-0.05, 0) is 24.6 Å². The lowest BCUT2D eigenvalue weighted by Gasteiger charge is -2.07. The minimum atomic E-state index is -0.352. The van der Waals surface area contributed by atoms with Gasteiger partial charge in [-0.25, -0.2) is 0 Å². The number of hydrogen-bond acceptors (Lipinski definition) is 4. The monoisotopic (exact) mass is 274 g/mol. The van der Waals surface area contributed by atoms with Crippen molar-refractivity contribution in [3.05, 3.63) is 63.7 Å². The molecule has 2 N–H and O–H groups in total. The van der Waals surface area contributed by atoms with Crippen LogP contribution < -0.4 is 5.73 Å². The molecule has 0 atom stereocenters. The molecule has 19 heavy (non-hydrogen) atoms. The van der Waals surface area contributed by atoms with Gasteiger partial charge in [-0.3, -0.25) is 10.1 Å². The molecule has 0 heterocycles. The highest BCUT2D eigenvalue weighted by molar-refractivity contribution is 7.98. The molecule has 0 bridgehead atoms. The highest BCUT2D eigenvalue weighted by atomic mass is 32.2. The maximum atomic E-state index is 10.9. The number of aryl methyl sites for hydroxylation is 1. The fraction of sp³-hybridized carbons (Fsp3) is 0.143. The van der Waals surface area contributed by atoms with Crippen molar-refractivity contribution in [1.29, 1.82) is 0 Å². The lowest BCUT2D eigenvalue weighted by Crippen LogP contribution is -1.94. The minimum Gasteiger partial charge on any atom is -0.398 e. The number of benzene rings is 2. The second kappa shape index (κ2) is 5.75. The summed E-state index contributed by atoms with van der Waals surface area (Å²) >= 11 is 1.52. The van der Waals surface area contributed by atoms with Gasteiger partial charge in [0.15, 0.2) is 0 Å². The highest BCUT2D eigenvalue weighted by Crippen LogP contribution is 2.31. The summed E-state index contributed by atoms with van der Waals surface area (Å²) in [7, 11) is 0. The van der Waals surface area contributed by atoms with Gasteiger partial charge in [0.05, 0.1) is 4.92 Å². The Hall–Kier alpha value is -2.01. The van der Waals surface area contributed by atoms with Gasteiger partial charge >= 0.3 is 0 Å². The summed E-state index contributed by atoms with van der Waals surface area (Å²) in [5, 5.41) is 10.9. The molecule has 0 amide bonds. The van der Waals surface area contributed by atoms with Gasteiger partial charge in [0.1, 0.15) is 0 Å². The summed E-state index contributed by atoms with van der Waals surface area (Å²) in [6, 6.07) is 12.6. The zero-order valence-electron chi connectivity index (χ0n) is 10.5. The van der Waals surface area contributed by atoms with Gasteiger partial charge in [0.2, 0.25) is 0 Å². The molecule has 5 heteroatoms. The molecule has 0 saturated carbocycles. The third-order valence-electron chi connectivity index (χ3n) is 2.74. The molecular weight excluding hydrogens is 260 g/mol. The Balaban J connectivity index is 2.19. The average molecular weight is 274 g/mol. The predicted molar refractivity (Wildman–Crippen MR) is 78.2 cm³/mol. The van der Waals surface area contributed by atoms with E-state index in [0.29, 0.717) is 17.0 Å². The molecule has 0 aliphatic carbocycles. The van der Waals surface area contributed by atoms with E-state index in [0.717, 1.165) is 10.5 Å². The van der Waals surface area contributed by atoms with Crippen molar-refractivity contribution in [3.63, 3.8) is 0 Å². The third kappa shape index (κ3) is 3.26. The zero-order chi connectivity index (χ0) is 13.8. The van der Waals surface area contributed by atoms with Crippen LogP contribution in [0.25, 0.3) is 0 Å². The van der Waals surface area contributed by atoms with Crippen molar-refractivity contribution < 1.29 is 4.92 Å². The first-order valence-corrected chi connectivity index (χ1v) is 6.77. The molecule has 0 aliphatic rings. The number of nitrogen functional groups attached to an aromatic ring is 1. The molecule has 2 aromatic rings. The maximum Gasteiger partial charge on any atom is 0.273 e. The predicted octanol–water partition coefficient (Wildman–Crippen LogP) is 3.78. The number of anilines is 1. The van der Waals surface area contributed by atoms with E-state index in [1.807, 2.05) is 31.2 Å². The zero-order valence-corrected chi connectivity index (χ0v) is 11.3. The summed E-state index contributed by atoms with van der Waals surface area (Å²) in [4.78, 5) is 11.5. The van der Waals surface area contributed by atoms with Gasteiger partial charge in [-0.15, -0.1) is 11.8 Å². The lowest BCUT2D eigenvalue weighted by molar-refractivity contribution is -0.385. The number of para-hydroxylation sites is 1. The van der Waals surface area contributed by atoms with Crippen molar-refractivity contribution in [2.45, 2.75) is 17.6 Å². The topological polar surface area (TPSA) is 69.2 Å². The van der Waals surface area contributed by atoms with Crippen LogP contribution in [0.5, 0.6) is 0 Å². The molecule has 0 aromatic heterocycles. The molecule has 2 rings (SSSR count). The van der Waals surface area contributed by atoms with Gasteiger partial charge in [-0.1, -0.05) is 24.3 Å². The first-order chi connectivity index (χ1) is 9.08. The maximum absolute atomic E-state index is 10.9. The number of nitrogens with two attached hydrogens (primary N) is 1. The van der Waals surface area contributed by atoms with Crippen LogP contribution in [0.15, 0.2) is 47.4 Å². The molecule has 0 fully saturated rings. The van der Waals surface area contributed by atoms with Gasteiger partial charge < -0.3 is 5.73 Å². The summed E-state index contributed by atoms with van der Waals surface area (Å²) in [5.41, 5.74) is 8.58. The number of nitro benzene ring substituents is 1. The van der Waals surface area contributed by atoms with E-state index in [-0.39, 0.29) is 10.6 Å². The number of nitro groups is 1. The van der Waals surface area contributed by atoms with Crippen LogP contribution in [-0.4, -0.2) is 4.92 Å². The Morgan fingerprint density at radius 3 is 2.74 bits per heavy atom. The van der Waals surface area contributed by atoms with E-state index >= 15 is 0 Å². The molecule has 0 spiro atoms. The Labute approximate surface area is 115 Å². The van der Waals surface area contributed by atoms with Crippen LogP contribution in [-0.2, 0) is 5.75 Å². The van der Waals surface area contributed by atoms with E-state index in [1.165, 1.54) is 17.8 Å². The Morgan fingerprint density at radius 2 is 2.00 bits per heavy atom. The smallest absolute Gasteiger partial charge is 0.273 e. The van der Waals surface area contributed by atoms with Crippen LogP contribution in [0.3, 0.4) is 0 Å². The second-order valence-corrected chi connectivity index (χ2v) is 5.23. The fourth-order valence-corrected chi connectivity index (χ4v) is 2.79. The molecule has 0 saturated heterocycles. The van der Waals surface area contributed by atoms with Crippen molar-refractivity contribution in [1.82, 2.24) is 0 Å². The average Bonchev–Trinajstić information content (AvgIpc) is 2.40. The highest BCUT2D eigenvalue weighted by Gasteiger charge is 2.12. The Morgan fingerprint density at radius 1 is 1.26 bits per heavy atom. The largest absolute Gasteiger partial charge is 0.398 e. The lowest BCUT2D eigenvalue weighted by atomic mass is 10.2. The number of nitrogens with zero attached hydrogens (tertiary/aromatic N) is 1. The van der Waals surface area contributed by atoms with Crippen LogP contribution in [0, 0.1) is 17.0 Å². The minimum absolute atomic E-state index is 0.154. The molecule has 0 aliphatic heterocycles. The second-order valence-electron chi connectivity index (χ2n) is 4.22. The van der Waals surface area contributed by atoms with Crippen molar-refractivity contribution in [2.24, 2.45) is 0 Å². The summed E-state index contributed by atoms with van der Waals surface area (Å²) in [6.07, 6.45) is 0. The van der Waals surface area contributed by atoms with Crippen LogP contribution in [0.1, 0.15) is 11.1 Å².